The maximum atomic E-state index is 12.5. The molecule has 4 heterocycles. The Balaban J connectivity index is 1.34. The van der Waals surface area contributed by atoms with Crippen LogP contribution in [0.2, 0.25) is 0 Å². The molecule has 4 aromatic rings. The zero-order chi connectivity index (χ0) is 20.7. The van der Waals surface area contributed by atoms with Crippen LogP contribution in [0.25, 0.3) is 22.3 Å². The summed E-state index contributed by atoms with van der Waals surface area (Å²) in [7, 11) is 1.72. The van der Waals surface area contributed by atoms with Crippen molar-refractivity contribution >= 4 is 22.6 Å². The molecule has 0 atom stereocenters. The monoisotopic (exact) mass is 403 g/mol. The Morgan fingerprint density at radius 3 is 3.03 bits per heavy atom. The number of nitrogens with one attached hydrogen (secondary N) is 1. The third-order valence-electron chi connectivity index (χ3n) is 5.38. The highest BCUT2D eigenvalue weighted by atomic mass is 16.2. The molecule has 0 radical (unpaired) electrons. The van der Waals surface area contributed by atoms with Gasteiger partial charge in [0.15, 0.2) is 5.65 Å². The first-order chi connectivity index (χ1) is 14.6. The summed E-state index contributed by atoms with van der Waals surface area (Å²) < 4.78 is 5.02. The molecular weight excluding hydrogens is 382 g/mol. The fourth-order valence-electron chi connectivity index (χ4n) is 3.84. The summed E-state index contributed by atoms with van der Waals surface area (Å²) >= 11 is 0. The van der Waals surface area contributed by atoms with Crippen LogP contribution < -0.4 is 10.9 Å². The Kier molecular flexibility index (Phi) is 4.42. The number of aryl methyl sites for hydroxylation is 3. The maximum Gasteiger partial charge on any atom is 0.264 e. The second kappa shape index (κ2) is 7.25. The Morgan fingerprint density at radius 2 is 2.17 bits per heavy atom. The largest absolute Gasteiger partial charge is 0.334 e. The molecule has 9 nitrogen and oxygen atoms in total. The fraction of sp³-hybridized carbons (Fsp3) is 0.286. The van der Waals surface area contributed by atoms with Gasteiger partial charge in [-0.1, -0.05) is 12.1 Å². The van der Waals surface area contributed by atoms with Gasteiger partial charge in [0.05, 0.1) is 11.9 Å². The van der Waals surface area contributed by atoms with Gasteiger partial charge in [0, 0.05) is 37.5 Å². The lowest BCUT2D eigenvalue weighted by atomic mass is 10.1. The number of carbonyl (C=O) groups excluding carboxylic acids is 1. The quantitative estimate of drug-likeness (QED) is 0.562. The average molecular weight is 403 g/mol. The van der Waals surface area contributed by atoms with Gasteiger partial charge in [-0.25, -0.2) is 9.97 Å². The first kappa shape index (κ1) is 18.3. The van der Waals surface area contributed by atoms with Crippen LogP contribution in [-0.4, -0.2) is 34.8 Å². The molecule has 0 fully saturated rings. The van der Waals surface area contributed by atoms with E-state index in [2.05, 4.69) is 26.2 Å². The van der Waals surface area contributed by atoms with Gasteiger partial charge in [0.2, 0.25) is 5.91 Å². The van der Waals surface area contributed by atoms with Crippen LogP contribution in [0.3, 0.4) is 0 Å². The number of hydrogen-bond donors (Lipinski definition) is 1. The van der Waals surface area contributed by atoms with Crippen molar-refractivity contribution in [2.45, 2.75) is 32.4 Å². The first-order valence-electron chi connectivity index (χ1n) is 9.92. The molecule has 152 valence electrons. The summed E-state index contributed by atoms with van der Waals surface area (Å²) in [6, 6.07) is 7.59. The summed E-state index contributed by atoms with van der Waals surface area (Å²) in [6.45, 7) is 0.877. The topological polar surface area (TPSA) is 99.6 Å². The lowest BCUT2D eigenvalue weighted by Crippen LogP contribution is -2.27. The lowest BCUT2D eigenvalue weighted by molar-refractivity contribution is -0.116. The van der Waals surface area contributed by atoms with Crippen LogP contribution >= 0.6 is 0 Å². The number of imidazole rings is 1. The van der Waals surface area contributed by atoms with Crippen LogP contribution in [-0.2, 0) is 31.4 Å². The number of rotatable bonds is 4. The van der Waals surface area contributed by atoms with Crippen molar-refractivity contribution in [1.82, 2.24) is 28.9 Å². The Labute approximate surface area is 172 Å². The molecule has 3 aromatic heterocycles. The SMILES string of the molecule is Cn1ncc2c(=O)n(CC(=O)Nc3cccc(-c4cn5c(n4)CCCC5)c3)cnc21. The second-order valence-electron chi connectivity index (χ2n) is 7.50. The van der Waals surface area contributed by atoms with E-state index < -0.39 is 0 Å². The van der Waals surface area contributed by atoms with E-state index in [0.717, 1.165) is 30.0 Å². The smallest absolute Gasteiger partial charge is 0.264 e. The molecule has 1 aliphatic heterocycles. The molecule has 0 saturated carbocycles. The van der Waals surface area contributed by atoms with E-state index in [9.17, 15) is 9.59 Å². The number of nitrogens with zero attached hydrogens (tertiary/aromatic N) is 6. The molecule has 1 aromatic carbocycles. The van der Waals surface area contributed by atoms with E-state index in [1.807, 2.05) is 24.3 Å². The van der Waals surface area contributed by atoms with E-state index in [0.29, 0.717) is 16.7 Å². The predicted molar refractivity (Wildman–Crippen MR) is 112 cm³/mol. The van der Waals surface area contributed by atoms with Crippen molar-refractivity contribution in [1.29, 1.82) is 0 Å². The minimum absolute atomic E-state index is 0.125. The van der Waals surface area contributed by atoms with Gasteiger partial charge in [-0.05, 0) is 25.0 Å². The van der Waals surface area contributed by atoms with Gasteiger partial charge in [-0.2, -0.15) is 5.10 Å². The normalized spacial score (nSPS) is 13.4. The number of amides is 1. The van der Waals surface area contributed by atoms with Gasteiger partial charge >= 0.3 is 0 Å². The van der Waals surface area contributed by atoms with Gasteiger partial charge < -0.3 is 9.88 Å². The Bertz CT molecular complexity index is 1290. The minimum Gasteiger partial charge on any atom is -0.334 e. The standard InChI is InChI=1S/C21H21N7O2/c1-26-20-16(10-23-26)21(30)28(13-22-20)12-19(29)24-15-6-4-5-14(9-15)17-11-27-8-3-2-7-18(27)25-17/h4-6,9-11,13H,2-3,7-8,12H2,1H3,(H,24,29). The van der Waals surface area contributed by atoms with Crippen LogP contribution in [0.5, 0.6) is 0 Å². The van der Waals surface area contributed by atoms with Crippen LogP contribution in [0.1, 0.15) is 18.7 Å². The molecule has 1 N–H and O–H groups in total. The van der Waals surface area contributed by atoms with Crippen LogP contribution in [0.4, 0.5) is 5.69 Å². The number of hydrogen-bond acceptors (Lipinski definition) is 5. The highest BCUT2D eigenvalue weighted by Crippen LogP contribution is 2.24. The molecule has 0 aliphatic carbocycles. The zero-order valence-electron chi connectivity index (χ0n) is 16.6. The van der Waals surface area contributed by atoms with E-state index in [1.165, 1.54) is 34.6 Å². The van der Waals surface area contributed by atoms with Crippen molar-refractivity contribution in [3.63, 3.8) is 0 Å². The van der Waals surface area contributed by atoms with Crippen molar-refractivity contribution < 1.29 is 4.79 Å². The van der Waals surface area contributed by atoms with Crippen LogP contribution in [0.15, 0.2) is 47.8 Å². The second-order valence-corrected chi connectivity index (χ2v) is 7.50. The van der Waals surface area contributed by atoms with Crippen molar-refractivity contribution in [3.05, 3.63) is 59.2 Å². The molecule has 0 saturated heterocycles. The molecule has 0 unspecified atom stereocenters. The Hall–Kier alpha value is -3.75. The number of carbonyl (C=O) groups is 1. The third-order valence-corrected chi connectivity index (χ3v) is 5.38. The molecule has 0 bridgehead atoms. The molecule has 1 aliphatic rings. The maximum absolute atomic E-state index is 12.5. The fourth-order valence-corrected chi connectivity index (χ4v) is 3.84. The molecular formula is C21H21N7O2. The van der Waals surface area contributed by atoms with Crippen molar-refractivity contribution in [2.24, 2.45) is 7.05 Å². The number of fused-ring (bicyclic) bond motifs is 2. The predicted octanol–water partition coefficient (Wildman–Crippen LogP) is 1.97. The Morgan fingerprint density at radius 1 is 1.27 bits per heavy atom. The third kappa shape index (κ3) is 3.28. The van der Waals surface area contributed by atoms with Crippen molar-refractivity contribution in [3.8, 4) is 11.3 Å². The number of anilines is 1. The molecule has 9 heteroatoms. The van der Waals surface area contributed by atoms with Gasteiger partial charge in [-0.15, -0.1) is 0 Å². The van der Waals surface area contributed by atoms with E-state index in [-0.39, 0.29) is 18.0 Å². The van der Waals surface area contributed by atoms with E-state index >= 15 is 0 Å². The summed E-state index contributed by atoms with van der Waals surface area (Å²) in [5, 5.41) is 7.29. The minimum atomic E-state index is -0.302. The van der Waals surface area contributed by atoms with Gasteiger partial charge in [0.1, 0.15) is 24.1 Å². The molecule has 1 amide bonds. The molecule has 0 spiro atoms. The number of benzene rings is 1. The molecule has 30 heavy (non-hydrogen) atoms. The summed E-state index contributed by atoms with van der Waals surface area (Å²) in [6.07, 6.45) is 8.26. The summed E-state index contributed by atoms with van der Waals surface area (Å²) in [4.78, 5) is 34.0. The first-order valence-corrected chi connectivity index (χ1v) is 9.92. The average Bonchev–Trinajstić information content (AvgIpc) is 3.34. The highest BCUT2D eigenvalue weighted by molar-refractivity contribution is 5.91. The zero-order valence-corrected chi connectivity index (χ0v) is 16.6. The lowest BCUT2D eigenvalue weighted by Gasteiger charge is -2.11. The summed E-state index contributed by atoms with van der Waals surface area (Å²) in [5.74, 6) is 0.812. The summed E-state index contributed by atoms with van der Waals surface area (Å²) in [5.41, 5.74) is 2.72. The highest BCUT2D eigenvalue weighted by Gasteiger charge is 2.14. The van der Waals surface area contributed by atoms with Gasteiger partial charge in [0.25, 0.3) is 5.56 Å². The van der Waals surface area contributed by atoms with E-state index in [4.69, 9.17) is 4.98 Å². The van der Waals surface area contributed by atoms with Crippen LogP contribution in [0, 0.1) is 0 Å². The molecule has 5 rings (SSSR count). The van der Waals surface area contributed by atoms with Crippen molar-refractivity contribution in [2.75, 3.05) is 5.32 Å². The number of aromatic nitrogens is 6. The van der Waals surface area contributed by atoms with Gasteiger partial charge in [-0.3, -0.25) is 18.8 Å². The van der Waals surface area contributed by atoms with E-state index in [1.54, 1.807) is 7.05 Å².